The fourth-order valence-electron chi connectivity index (χ4n) is 3.27. The SMILES string of the molecule is CCC(C)N(Cc1ccc(OC)c(OS(=O)(=O)c2cccc(C(F)(F)F)c2)c1)C(=O)c1cccs1. The van der Waals surface area contributed by atoms with E-state index in [0.717, 1.165) is 18.2 Å². The molecule has 1 amide bonds. The van der Waals surface area contributed by atoms with Gasteiger partial charge in [-0.15, -0.1) is 11.3 Å². The summed E-state index contributed by atoms with van der Waals surface area (Å²) in [6, 6.07) is 11.3. The van der Waals surface area contributed by atoms with Crippen LogP contribution < -0.4 is 8.92 Å². The van der Waals surface area contributed by atoms with Gasteiger partial charge < -0.3 is 13.8 Å². The third kappa shape index (κ3) is 6.34. The number of methoxy groups -OCH3 is 1. The van der Waals surface area contributed by atoms with Gasteiger partial charge in [-0.3, -0.25) is 4.79 Å². The number of hydrogen-bond donors (Lipinski definition) is 0. The van der Waals surface area contributed by atoms with Crippen LogP contribution in [0.4, 0.5) is 13.2 Å². The van der Waals surface area contributed by atoms with Gasteiger partial charge >= 0.3 is 16.3 Å². The zero-order valence-electron chi connectivity index (χ0n) is 19.2. The van der Waals surface area contributed by atoms with Crippen molar-refractivity contribution in [3.05, 3.63) is 76.0 Å². The maximum atomic E-state index is 13.1. The molecule has 0 aliphatic carbocycles. The molecule has 6 nitrogen and oxygen atoms in total. The molecular formula is C24H24F3NO5S2. The van der Waals surface area contributed by atoms with Crippen LogP contribution in [0.25, 0.3) is 0 Å². The Morgan fingerprint density at radius 2 is 1.83 bits per heavy atom. The molecule has 0 aliphatic heterocycles. The predicted molar refractivity (Wildman–Crippen MR) is 126 cm³/mol. The summed E-state index contributed by atoms with van der Waals surface area (Å²) in [5.74, 6) is -0.289. The minimum absolute atomic E-state index is 0.0731. The minimum atomic E-state index is -4.71. The normalized spacial score (nSPS) is 12.7. The first-order chi connectivity index (χ1) is 16.5. The number of thiophene rings is 1. The predicted octanol–water partition coefficient (Wildman–Crippen LogP) is 5.98. The van der Waals surface area contributed by atoms with E-state index >= 15 is 0 Å². The average Bonchev–Trinajstić information content (AvgIpc) is 3.36. The zero-order valence-corrected chi connectivity index (χ0v) is 20.8. The summed E-state index contributed by atoms with van der Waals surface area (Å²) in [5.41, 5.74) is -0.551. The third-order valence-electron chi connectivity index (χ3n) is 5.35. The molecule has 0 saturated heterocycles. The van der Waals surface area contributed by atoms with Gasteiger partial charge in [0.25, 0.3) is 5.91 Å². The number of rotatable bonds is 9. The minimum Gasteiger partial charge on any atom is -0.493 e. The van der Waals surface area contributed by atoms with Crippen LogP contribution >= 0.6 is 11.3 Å². The average molecular weight is 528 g/mol. The number of hydrogen-bond acceptors (Lipinski definition) is 6. The Balaban J connectivity index is 1.93. The molecule has 0 bridgehead atoms. The highest BCUT2D eigenvalue weighted by Gasteiger charge is 2.32. The Morgan fingerprint density at radius 1 is 1.09 bits per heavy atom. The molecule has 188 valence electrons. The van der Waals surface area contributed by atoms with E-state index in [1.54, 1.807) is 28.5 Å². The van der Waals surface area contributed by atoms with E-state index in [4.69, 9.17) is 8.92 Å². The summed E-state index contributed by atoms with van der Waals surface area (Å²) in [6.07, 6.45) is -4.02. The van der Waals surface area contributed by atoms with Crippen molar-refractivity contribution in [1.82, 2.24) is 4.90 Å². The lowest BCUT2D eigenvalue weighted by Crippen LogP contribution is -2.37. The van der Waals surface area contributed by atoms with Crippen molar-refractivity contribution in [2.24, 2.45) is 0 Å². The summed E-state index contributed by atoms with van der Waals surface area (Å²) in [6.45, 7) is 4.02. The zero-order chi connectivity index (χ0) is 25.8. The smallest absolute Gasteiger partial charge is 0.416 e. The lowest BCUT2D eigenvalue weighted by Gasteiger charge is -2.28. The maximum Gasteiger partial charge on any atom is 0.416 e. The standard InChI is InChI=1S/C24H24F3NO5S2/c1-4-16(2)28(23(29)22-9-6-12-34-22)15-17-10-11-20(32-3)21(13-17)33-35(30,31)19-8-5-7-18(14-19)24(25,26)27/h5-14,16H,4,15H2,1-3H3. The summed E-state index contributed by atoms with van der Waals surface area (Å²) in [7, 11) is -3.30. The lowest BCUT2D eigenvalue weighted by molar-refractivity contribution is -0.137. The van der Waals surface area contributed by atoms with Crippen molar-refractivity contribution in [2.75, 3.05) is 7.11 Å². The van der Waals surface area contributed by atoms with E-state index in [1.165, 1.54) is 30.6 Å². The first-order valence-corrected chi connectivity index (χ1v) is 12.9. The van der Waals surface area contributed by atoms with Crippen molar-refractivity contribution in [1.29, 1.82) is 0 Å². The molecule has 1 heterocycles. The fourth-order valence-corrected chi connectivity index (χ4v) is 4.92. The maximum absolute atomic E-state index is 13.1. The molecule has 0 spiro atoms. The largest absolute Gasteiger partial charge is 0.493 e. The number of nitrogens with zero attached hydrogens (tertiary/aromatic N) is 1. The van der Waals surface area contributed by atoms with E-state index in [1.807, 2.05) is 13.8 Å². The topological polar surface area (TPSA) is 72.9 Å². The Kier molecular flexibility index (Phi) is 8.11. The molecule has 1 unspecified atom stereocenters. The first kappa shape index (κ1) is 26.6. The van der Waals surface area contributed by atoms with Gasteiger partial charge in [-0.05, 0) is 60.7 Å². The molecule has 0 aliphatic rings. The van der Waals surface area contributed by atoms with Crippen molar-refractivity contribution in [2.45, 2.75) is 43.9 Å². The quantitative estimate of drug-likeness (QED) is 0.320. The Labute approximate surface area is 206 Å². The molecular weight excluding hydrogens is 503 g/mol. The van der Waals surface area contributed by atoms with Crippen LogP contribution in [0.2, 0.25) is 0 Å². The molecule has 0 saturated carbocycles. The van der Waals surface area contributed by atoms with Crippen molar-refractivity contribution < 1.29 is 35.3 Å². The summed E-state index contributed by atoms with van der Waals surface area (Å²) in [5, 5.41) is 1.81. The second kappa shape index (κ2) is 10.7. The second-order valence-electron chi connectivity index (χ2n) is 7.72. The number of amides is 1. The van der Waals surface area contributed by atoms with Crippen LogP contribution in [-0.2, 0) is 22.8 Å². The molecule has 0 N–H and O–H groups in total. The number of halogens is 3. The van der Waals surface area contributed by atoms with Gasteiger partial charge in [0.05, 0.1) is 17.6 Å². The number of alkyl halides is 3. The molecule has 1 atom stereocenters. The molecule has 3 aromatic rings. The third-order valence-corrected chi connectivity index (χ3v) is 7.43. The molecule has 3 rings (SSSR count). The van der Waals surface area contributed by atoms with Crippen LogP contribution in [0.5, 0.6) is 11.5 Å². The van der Waals surface area contributed by atoms with E-state index in [-0.39, 0.29) is 30.0 Å². The second-order valence-corrected chi connectivity index (χ2v) is 10.2. The highest BCUT2D eigenvalue weighted by atomic mass is 32.2. The lowest BCUT2D eigenvalue weighted by atomic mass is 10.1. The van der Waals surface area contributed by atoms with Crippen molar-refractivity contribution >= 4 is 27.4 Å². The van der Waals surface area contributed by atoms with Crippen LogP contribution in [0.15, 0.2) is 64.9 Å². The fraction of sp³-hybridized carbons (Fsp3) is 0.292. The van der Waals surface area contributed by atoms with Crippen LogP contribution in [0.3, 0.4) is 0 Å². The van der Waals surface area contributed by atoms with Gasteiger partial charge in [-0.1, -0.05) is 25.1 Å². The Hall–Kier alpha value is -3.05. The van der Waals surface area contributed by atoms with E-state index in [2.05, 4.69) is 0 Å². The Bertz CT molecular complexity index is 1270. The molecule has 35 heavy (non-hydrogen) atoms. The van der Waals surface area contributed by atoms with E-state index < -0.39 is 26.8 Å². The van der Waals surface area contributed by atoms with Gasteiger partial charge in [0.15, 0.2) is 11.5 Å². The molecule has 0 fully saturated rings. The van der Waals surface area contributed by atoms with Gasteiger partial charge in [0, 0.05) is 12.6 Å². The van der Waals surface area contributed by atoms with Crippen molar-refractivity contribution in [3.63, 3.8) is 0 Å². The first-order valence-electron chi connectivity index (χ1n) is 10.6. The summed E-state index contributed by atoms with van der Waals surface area (Å²) < 4.78 is 75.1. The van der Waals surface area contributed by atoms with Crippen LogP contribution in [-0.4, -0.2) is 32.4 Å². The molecule has 0 radical (unpaired) electrons. The molecule has 11 heteroatoms. The Morgan fingerprint density at radius 3 is 2.43 bits per heavy atom. The van der Waals surface area contributed by atoms with E-state index in [9.17, 15) is 26.4 Å². The van der Waals surface area contributed by atoms with Gasteiger partial charge in [-0.2, -0.15) is 21.6 Å². The number of ether oxygens (including phenoxy) is 1. The summed E-state index contributed by atoms with van der Waals surface area (Å²) >= 11 is 1.32. The van der Waals surface area contributed by atoms with Crippen LogP contribution in [0, 0.1) is 0 Å². The number of carbonyl (C=O) groups is 1. The van der Waals surface area contributed by atoms with Gasteiger partial charge in [-0.25, -0.2) is 0 Å². The van der Waals surface area contributed by atoms with Gasteiger partial charge in [0.1, 0.15) is 4.90 Å². The number of benzene rings is 2. The van der Waals surface area contributed by atoms with E-state index in [0.29, 0.717) is 22.9 Å². The monoisotopic (exact) mass is 527 g/mol. The van der Waals surface area contributed by atoms with Gasteiger partial charge in [0.2, 0.25) is 0 Å². The molecule has 1 aromatic heterocycles. The highest BCUT2D eigenvalue weighted by Crippen LogP contribution is 2.34. The highest BCUT2D eigenvalue weighted by molar-refractivity contribution is 7.87. The van der Waals surface area contributed by atoms with Crippen LogP contribution in [0.1, 0.15) is 41.1 Å². The number of carbonyl (C=O) groups excluding carboxylic acids is 1. The van der Waals surface area contributed by atoms with Crippen molar-refractivity contribution in [3.8, 4) is 11.5 Å². The summed E-state index contributed by atoms with van der Waals surface area (Å²) in [4.78, 5) is 14.6. The molecule has 2 aromatic carbocycles.